The fourth-order valence-corrected chi connectivity index (χ4v) is 1.51. The molecule has 1 aromatic heterocycles. The Morgan fingerprint density at radius 1 is 1.32 bits per heavy atom. The number of carbonyl (C=O) groups is 1. The molecule has 0 atom stereocenters. The summed E-state index contributed by atoms with van der Waals surface area (Å²) in [5, 5.41) is 6.82. The number of benzene rings is 1. The smallest absolute Gasteiger partial charge is 0.269 e. The average Bonchev–Trinajstić information content (AvgIpc) is 2.84. The highest BCUT2D eigenvalue weighted by Gasteiger charge is 2.30. The van der Waals surface area contributed by atoms with Crippen LogP contribution < -0.4 is 10.1 Å². The van der Waals surface area contributed by atoms with Gasteiger partial charge < -0.3 is 14.6 Å². The van der Waals surface area contributed by atoms with Gasteiger partial charge in [-0.15, -0.1) is 0 Å². The maximum absolute atomic E-state index is 12.1. The van der Waals surface area contributed by atoms with Gasteiger partial charge in [0.25, 0.3) is 5.91 Å². The maximum Gasteiger partial charge on any atom is 0.269 e. The summed E-state index contributed by atoms with van der Waals surface area (Å²) in [6, 6.07) is 8.35. The van der Waals surface area contributed by atoms with Gasteiger partial charge in [-0.1, -0.05) is 16.8 Å². The van der Waals surface area contributed by atoms with E-state index in [4.69, 9.17) is 16.3 Å². The van der Waals surface area contributed by atoms with Crippen LogP contribution in [0, 0.1) is 0 Å². The Morgan fingerprint density at radius 2 is 2.00 bits per heavy atom. The quantitative estimate of drug-likeness (QED) is 0.934. The highest BCUT2D eigenvalue weighted by molar-refractivity contribution is 6.30. The van der Waals surface area contributed by atoms with Crippen molar-refractivity contribution in [3.05, 3.63) is 41.6 Å². The van der Waals surface area contributed by atoms with Crippen LogP contribution in [-0.2, 0) is 4.79 Å². The van der Waals surface area contributed by atoms with E-state index in [0.717, 1.165) is 0 Å². The second kappa shape index (κ2) is 5.32. The molecular weight excluding hydrogens is 268 g/mol. The lowest BCUT2D eigenvalue weighted by Gasteiger charge is -2.24. The van der Waals surface area contributed by atoms with Crippen LogP contribution in [0.25, 0.3) is 0 Å². The van der Waals surface area contributed by atoms with Crippen LogP contribution in [0.3, 0.4) is 0 Å². The number of rotatable bonds is 4. The Bertz CT molecular complexity index is 550. The van der Waals surface area contributed by atoms with E-state index in [1.807, 2.05) is 0 Å². The Morgan fingerprint density at radius 3 is 2.58 bits per heavy atom. The Kier molecular flexibility index (Phi) is 3.76. The summed E-state index contributed by atoms with van der Waals surface area (Å²) >= 11 is 5.79. The van der Waals surface area contributed by atoms with Gasteiger partial charge in [0.1, 0.15) is 12.0 Å². The first-order chi connectivity index (χ1) is 8.97. The molecule has 2 rings (SSSR count). The SMILES string of the molecule is CC(C)(Oc1ccc(Cl)cc1)C(=O)Nc1ccon1. The van der Waals surface area contributed by atoms with Gasteiger partial charge in [0, 0.05) is 11.1 Å². The fraction of sp³-hybridized carbons (Fsp3) is 0.231. The molecule has 5 nitrogen and oxygen atoms in total. The Balaban J connectivity index is 2.04. The van der Waals surface area contributed by atoms with Crippen molar-refractivity contribution in [2.75, 3.05) is 5.32 Å². The number of aromatic nitrogens is 1. The van der Waals surface area contributed by atoms with Crippen molar-refractivity contribution < 1.29 is 14.1 Å². The predicted molar refractivity (Wildman–Crippen MR) is 71.3 cm³/mol. The maximum atomic E-state index is 12.1. The zero-order valence-corrected chi connectivity index (χ0v) is 11.3. The van der Waals surface area contributed by atoms with E-state index >= 15 is 0 Å². The molecule has 0 aliphatic carbocycles. The first kappa shape index (κ1) is 13.4. The van der Waals surface area contributed by atoms with Gasteiger partial charge in [0.2, 0.25) is 0 Å². The summed E-state index contributed by atoms with van der Waals surface area (Å²) in [6.07, 6.45) is 1.38. The van der Waals surface area contributed by atoms with Gasteiger partial charge in [0.15, 0.2) is 11.4 Å². The van der Waals surface area contributed by atoms with Crippen molar-refractivity contribution in [1.29, 1.82) is 0 Å². The number of anilines is 1. The first-order valence-electron chi connectivity index (χ1n) is 5.64. The number of hydrogen-bond acceptors (Lipinski definition) is 4. The lowest BCUT2D eigenvalue weighted by Crippen LogP contribution is -2.42. The molecule has 0 aliphatic rings. The number of carbonyl (C=O) groups excluding carboxylic acids is 1. The fourth-order valence-electron chi connectivity index (χ4n) is 1.39. The van der Waals surface area contributed by atoms with Gasteiger partial charge in [-0.2, -0.15) is 0 Å². The van der Waals surface area contributed by atoms with E-state index in [1.54, 1.807) is 44.2 Å². The highest BCUT2D eigenvalue weighted by Crippen LogP contribution is 2.21. The lowest BCUT2D eigenvalue weighted by molar-refractivity contribution is -0.128. The minimum Gasteiger partial charge on any atom is -0.478 e. The number of nitrogens with zero attached hydrogens (tertiary/aromatic N) is 1. The molecule has 1 heterocycles. The van der Waals surface area contributed by atoms with Crippen molar-refractivity contribution in [3.8, 4) is 5.75 Å². The Hall–Kier alpha value is -2.01. The molecule has 0 spiro atoms. The van der Waals surface area contributed by atoms with Crippen molar-refractivity contribution in [2.45, 2.75) is 19.4 Å². The van der Waals surface area contributed by atoms with Crippen molar-refractivity contribution in [3.63, 3.8) is 0 Å². The third-order valence-electron chi connectivity index (χ3n) is 2.41. The first-order valence-corrected chi connectivity index (χ1v) is 6.01. The predicted octanol–water partition coefficient (Wildman–Crippen LogP) is 3.12. The van der Waals surface area contributed by atoms with E-state index in [-0.39, 0.29) is 5.91 Å². The largest absolute Gasteiger partial charge is 0.478 e. The molecule has 2 aromatic rings. The second-order valence-corrected chi connectivity index (χ2v) is 4.84. The molecule has 0 saturated heterocycles. The molecule has 0 saturated carbocycles. The van der Waals surface area contributed by atoms with Gasteiger partial charge in [-0.3, -0.25) is 4.79 Å². The summed E-state index contributed by atoms with van der Waals surface area (Å²) in [7, 11) is 0. The molecule has 0 radical (unpaired) electrons. The van der Waals surface area contributed by atoms with Crippen LogP contribution in [0.1, 0.15) is 13.8 Å². The zero-order chi connectivity index (χ0) is 13.9. The van der Waals surface area contributed by atoms with Crippen molar-refractivity contribution in [2.24, 2.45) is 0 Å². The second-order valence-electron chi connectivity index (χ2n) is 4.41. The topological polar surface area (TPSA) is 64.4 Å². The molecule has 100 valence electrons. The van der Waals surface area contributed by atoms with E-state index in [9.17, 15) is 4.79 Å². The minimum absolute atomic E-state index is 0.323. The molecule has 1 amide bonds. The van der Waals surface area contributed by atoms with E-state index in [2.05, 4.69) is 15.0 Å². The summed E-state index contributed by atoms with van der Waals surface area (Å²) < 4.78 is 10.3. The molecule has 0 fully saturated rings. The highest BCUT2D eigenvalue weighted by atomic mass is 35.5. The summed E-state index contributed by atoms with van der Waals surface area (Å²) in [6.45, 7) is 3.33. The number of amides is 1. The minimum atomic E-state index is -1.05. The van der Waals surface area contributed by atoms with Gasteiger partial charge in [0.05, 0.1) is 0 Å². The molecule has 0 aliphatic heterocycles. The molecule has 1 N–H and O–H groups in total. The van der Waals surface area contributed by atoms with Gasteiger partial charge in [-0.25, -0.2) is 0 Å². The van der Waals surface area contributed by atoms with Crippen LogP contribution in [0.4, 0.5) is 5.82 Å². The monoisotopic (exact) mass is 280 g/mol. The van der Waals surface area contributed by atoms with Crippen LogP contribution >= 0.6 is 11.6 Å². The normalized spacial score (nSPS) is 11.1. The van der Waals surface area contributed by atoms with Gasteiger partial charge >= 0.3 is 0 Å². The summed E-state index contributed by atoms with van der Waals surface area (Å²) in [5.74, 6) is 0.582. The molecule has 6 heteroatoms. The van der Waals surface area contributed by atoms with Crippen molar-refractivity contribution in [1.82, 2.24) is 5.16 Å². The van der Waals surface area contributed by atoms with Crippen LogP contribution in [0.15, 0.2) is 41.1 Å². The molecule has 19 heavy (non-hydrogen) atoms. The number of hydrogen-bond donors (Lipinski definition) is 1. The van der Waals surface area contributed by atoms with E-state index < -0.39 is 5.60 Å². The third kappa shape index (κ3) is 3.48. The molecular formula is C13H13ClN2O3. The molecule has 0 bridgehead atoms. The zero-order valence-electron chi connectivity index (χ0n) is 10.5. The summed E-state index contributed by atoms with van der Waals surface area (Å²) in [5.41, 5.74) is -1.05. The molecule has 0 unspecified atom stereocenters. The number of halogens is 1. The number of ether oxygens (including phenoxy) is 1. The van der Waals surface area contributed by atoms with Crippen LogP contribution in [0.2, 0.25) is 5.02 Å². The van der Waals surface area contributed by atoms with Crippen LogP contribution in [-0.4, -0.2) is 16.7 Å². The lowest BCUT2D eigenvalue weighted by atomic mass is 10.1. The van der Waals surface area contributed by atoms with Crippen LogP contribution in [0.5, 0.6) is 5.75 Å². The van der Waals surface area contributed by atoms with Gasteiger partial charge in [-0.05, 0) is 38.1 Å². The standard InChI is InChI=1S/C13H13ClN2O3/c1-13(2,12(17)15-11-7-8-18-16-11)19-10-5-3-9(14)4-6-10/h3-8H,1-2H3,(H,15,16,17). The number of nitrogens with one attached hydrogen (secondary N) is 1. The van der Waals surface area contributed by atoms with E-state index in [0.29, 0.717) is 16.6 Å². The summed E-state index contributed by atoms with van der Waals surface area (Å²) in [4.78, 5) is 12.1. The average molecular weight is 281 g/mol. The van der Waals surface area contributed by atoms with E-state index in [1.165, 1.54) is 6.26 Å². The molecule has 1 aromatic carbocycles. The van der Waals surface area contributed by atoms with Crippen molar-refractivity contribution >= 4 is 23.3 Å². The third-order valence-corrected chi connectivity index (χ3v) is 2.66. The Labute approximate surface area is 115 Å².